The van der Waals surface area contributed by atoms with Crippen molar-refractivity contribution in [3.8, 4) is 0 Å². The maximum absolute atomic E-state index is 13.5. The van der Waals surface area contributed by atoms with Crippen molar-refractivity contribution in [2.45, 2.75) is 77.4 Å². The lowest BCUT2D eigenvalue weighted by molar-refractivity contribution is -0.496. The van der Waals surface area contributed by atoms with Crippen LogP contribution in [-0.4, -0.2) is 82.5 Å². The zero-order valence-corrected chi connectivity index (χ0v) is 17.2. The molecule has 0 bridgehead atoms. The summed E-state index contributed by atoms with van der Waals surface area (Å²) in [6, 6.07) is 0. The van der Waals surface area contributed by atoms with Gasteiger partial charge in [-0.05, 0) is 0 Å². The molecule has 0 aromatic carbocycles. The van der Waals surface area contributed by atoms with E-state index in [4.69, 9.17) is 5.11 Å². The summed E-state index contributed by atoms with van der Waals surface area (Å²) in [6.07, 6.45) is -25.2. The first-order chi connectivity index (χ1) is 17.0. The van der Waals surface area contributed by atoms with Crippen LogP contribution in [0.25, 0.3) is 0 Å². The van der Waals surface area contributed by atoms with Gasteiger partial charge in [0.05, 0.1) is 0 Å². The summed E-state index contributed by atoms with van der Waals surface area (Å²) in [5.41, 5.74) is -8.74. The lowest BCUT2D eigenvalue weighted by atomic mass is 9.81. The molecule has 0 atom stereocenters. The minimum Gasteiger partial charge on any atom is -0.369 e. The molecule has 248 valence electrons. The number of halogens is 27. The second-order valence-electron chi connectivity index (χ2n) is 7.37. The average molecular weight is 686 g/mol. The van der Waals surface area contributed by atoms with E-state index >= 15 is 0 Å². The van der Waals surface area contributed by atoms with Crippen LogP contribution in [0.1, 0.15) is 0 Å². The van der Waals surface area contributed by atoms with E-state index in [2.05, 4.69) is 0 Å². The third kappa shape index (κ3) is 4.40. The number of aliphatic hydroxyl groups is 1. The second kappa shape index (κ2) is 9.04. The number of hydrogen-bond acceptors (Lipinski definition) is 1. The fourth-order valence-electron chi connectivity index (χ4n) is 2.30. The minimum absolute atomic E-state index is 8.14. The van der Waals surface area contributed by atoms with Gasteiger partial charge >= 0.3 is 77.4 Å². The molecule has 0 heterocycles. The molecular weight excluding hydrogens is 685 g/mol. The van der Waals surface area contributed by atoms with E-state index in [0.29, 0.717) is 0 Å². The van der Waals surface area contributed by atoms with Crippen molar-refractivity contribution < 1.29 is 124 Å². The molecule has 0 radical (unpaired) electrons. The predicted octanol–water partition coefficient (Wildman–Crippen LogP) is 8.12. The van der Waals surface area contributed by atoms with E-state index in [1.807, 2.05) is 0 Å². The fraction of sp³-hybridized carbons (Fsp3) is 1.00. The normalized spacial score (nSPS) is 17.3. The van der Waals surface area contributed by atoms with Crippen molar-refractivity contribution in [1.82, 2.24) is 0 Å². The van der Waals surface area contributed by atoms with E-state index in [1.54, 1.807) is 0 Å². The van der Waals surface area contributed by atoms with Crippen LogP contribution in [-0.2, 0) is 0 Å². The quantitative estimate of drug-likeness (QED) is 0.243. The van der Waals surface area contributed by atoms with E-state index in [9.17, 15) is 119 Å². The van der Waals surface area contributed by atoms with Crippen LogP contribution in [0.2, 0.25) is 0 Å². The molecule has 0 rings (SSSR count). The highest BCUT2D eigenvalue weighted by molar-refractivity contribution is 5.21. The molecule has 0 fully saturated rings. The van der Waals surface area contributed by atoms with Crippen molar-refractivity contribution in [1.29, 1.82) is 0 Å². The molecular formula is C13HF27O. The highest BCUT2D eigenvalue weighted by atomic mass is 19.4. The van der Waals surface area contributed by atoms with E-state index in [-0.39, 0.29) is 0 Å². The summed E-state index contributed by atoms with van der Waals surface area (Å²) in [5, 5.41) is 8.14. The van der Waals surface area contributed by atoms with Gasteiger partial charge in [0.15, 0.2) is 0 Å². The lowest BCUT2D eigenvalue weighted by Crippen LogP contribution is -2.80. The molecule has 0 amide bonds. The van der Waals surface area contributed by atoms with Crippen LogP contribution in [0.4, 0.5) is 119 Å². The Morgan fingerprint density at radius 2 is 0.341 bits per heavy atom. The standard InChI is InChI=1S/C13HF27O/c14-2(15,1(41,11(32,33)34)12(35,36)37)3(16,17)4(18,19)5(20,21)6(22,23)7(24,25)8(26,27)9(28,29)10(30,31)13(38,39)40/h41H. The van der Waals surface area contributed by atoms with E-state index < -0.39 is 77.4 Å². The number of rotatable bonds is 9. The van der Waals surface area contributed by atoms with Crippen LogP contribution in [0.5, 0.6) is 0 Å². The molecule has 28 heteroatoms. The monoisotopic (exact) mass is 686 g/mol. The highest BCUT2D eigenvalue weighted by Gasteiger charge is 3.00. The Bertz CT molecular complexity index is 943. The van der Waals surface area contributed by atoms with Crippen LogP contribution in [0, 0.1) is 0 Å². The lowest BCUT2D eigenvalue weighted by Gasteiger charge is -2.47. The summed E-state index contributed by atoms with van der Waals surface area (Å²) in [4.78, 5) is 0. The molecule has 0 aromatic rings. The Hall–Kier alpha value is -1.93. The Morgan fingerprint density at radius 1 is 0.195 bits per heavy atom. The van der Waals surface area contributed by atoms with Crippen molar-refractivity contribution >= 4 is 0 Å². The molecule has 0 saturated carbocycles. The summed E-state index contributed by atoms with van der Waals surface area (Å²) in [6.45, 7) is 0. The highest BCUT2D eigenvalue weighted by Crippen LogP contribution is 2.68. The minimum atomic E-state index is -9.82. The van der Waals surface area contributed by atoms with Gasteiger partial charge in [-0.2, -0.15) is 119 Å². The van der Waals surface area contributed by atoms with Crippen LogP contribution in [0.15, 0.2) is 0 Å². The molecule has 0 aliphatic heterocycles. The average Bonchev–Trinajstić information content (AvgIpc) is 2.69. The fourth-order valence-corrected chi connectivity index (χ4v) is 2.30. The molecule has 41 heavy (non-hydrogen) atoms. The molecule has 0 saturated heterocycles. The van der Waals surface area contributed by atoms with Gasteiger partial charge in [0.2, 0.25) is 0 Å². The van der Waals surface area contributed by atoms with Gasteiger partial charge in [0.25, 0.3) is 0 Å². The van der Waals surface area contributed by atoms with Gasteiger partial charge < -0.3 is 5.11 Å². The van der Waals surface area contributed by atoms with Crippen molar-refractivity contribution in [2.24, 2.45) is 0 Å². The summed E-state index contributed by atoms with van der Waals surface area (Å²) in [7, 11) is 0. The van der Waals surface area contributed by atoms with Crippen LogP contribution < -0.4 is 0 Å². The third-order valence-corrected chi connectivity index (χ3v) is 4.79. The number of hydrogen-bond donors (Lipinski definition) is 1. The Labute approximate surface area is 202 Å². The maximum atomic E-state index is 13.5. The first kappa shape index (κ1) is 39.1. The number of alkyl halides is 27. The molecule has 0 unspecified atom stereocenters. The summed E-state index contributed by atoms with van der Waals surface area (Å²) >= 11 is 0. The van der Waals surface area contributed by atoms with Gasteiger partial charge in [-0.1, -0.05) is 0 Å². The van der Waals surface area contributed by atoms with Crippen LogP contribution in [0.3, 0.4) is 0 Å². The van der Waals surface area contributed by atoms with Gasteiger partial charge in [0.1, 0.15) is 0 Å². The molecule has 1 nitrogen and oxygen atoms in total. The topological polar surface area (TPSA) is 20.2 Å². The Morgan fingerprint density at radius 3 is 0.488 bits per heavy atom. The first-order valence-corrected chi connectivity index (χ1v) is 8.33. The van der Waals surface area contributed by atoms with Gasteiger partial charge in [-0.25, -0.2) is 0 Å². The third-order valence-electron chi connectivity index (χ3n) is 4.79. The van der Waals surface area contributed by atoms with Crippen molar-refractivity contribution in [3.63, 3.8) is 0 Å². The smallest absolute Gasteiger partial charge is 0.369 e. The zero-order chi connectivity index (χ0) is 34.5. The largest absolute Gasteiger partial charge is 0.460 e. The SMILES string of the molecule is OC(C(F)(F)F)(C(F)(F)F)C(F)(F)C(F)(F)C(F)(F)C(F)(F)C(F)(F)C(F)(F)C(F)(F)C(F)(F)C(F)(F)C(F)(F)F. The van der Waals surface area contributed by atoms with Crippen LogP contribution >= 0.6 is 0 Å². The molecule has 0 aromatic heterocycles. The van der Waals surface area contributed by atoms with Gasteiger partial charge in [0, 0.05) is 0 Å². The van der Waals surface area contributed by atoms with Crippen molar-refractivity contribution in [2.75, 3.05) is 0 Å². The predicted molar refractivity (Wildman–Crippen MR) is 67.6 cm³/mol. The van der Waals surface area contributed by atoms with E-state index in [1.165, 1.54) is 0 Å². The van der Waals surface area contributed by atoms with E-state index in [0.717, 1.165) is 0 Å². The second-order valence-corrected chi connectivity index (χ2v) is 7.37. The molecule has 1 N–H and O–H groups in total. The first-order valence-electron chi connectivity index (χ1n) is 8.33. The molecule has 0 aliphatic carbocycles. The van der Waals surface area contributed by atoms with Gasteiger partial charge in [-0.3, -0.25) is 0 Å². The van der Waals surface area contributed by atoms with Crippen molar-refractivity contribution in [3.05, 3.63) is 0 Å². The molecule has 0 aliphatic rings. The summed E-state index contributed by atoms with van der Waals surface area (Å²) in [5.74, 6) is -85.5. The zero-order valence-electron chi connectivity index (χ0n) is 17.2. The Balaban J connectivity index is 7.55. The summed E-state index contributed by atoms with van der Waals surface area (Å²) < 4.78 is 350. The maximum Gasteiger partial charge on any atom is 0.460 e. The molecule has 0 spiro atoms. The Kier molecular flexibility index (Phi) is 8.62. The van der Waals surface area contributed by atoms with Gasteiger partial charge in [-0.15, -0.1) is 0 Å².